The number of carboxylic acids is 1. The van der Waals surface area contributed by atoms with Crippen molar-refractivity contribution < 1.29 is 18.7 Å². The van der Waals surface area contributed by atoms with Crippen molar-refractivity contribution in [2.45, 2.75) is 19.3 Å². The van der Waals surface area contributed by atoms with Crippen molar-refractivity contribution in [1.29, 1.82) is 0 Å². The maximum atomic E-state index is 13.3. The fourth-order valence-electron chi connectivity index (χ4n) is 2.67. The van der Waals surface area contributed by atoms with Crippen LogP contribution < -0.4 is 9.80 Å². The molecule has 0 saturated carbocycles. The summed E-state index contributed by atoms with van der Waals surface area (Å²) in [5.74, 6) is -3.91. The lowest BCUT2D eigenvalue weighted by molar-refractivity contribution is 0.0695. The van der Waals surface area contributed by atoms with Crippen molar-refractivity contribution >= 4 is 17.3 Å². The van der Waals surface area contributed by atoms with Crippen molar-refractivity contribution in [3.63, 3.8) is 0 Å². The average molecular weight is 294 g/mol. The molecule has 2 aliphatic heterocycles. The lowest BCUT2D eigenvalue weighted by Crippen LogP contribution is -2.38. The van der Waals surface area contributed by atoms with E-state index in [1.165, 1.54) is 17.2 Å². The van der Waals surface area contributed by atoms with Gasteiger partial charge in [0.05, 0.1) is 12.1 Å². The normalized spacial score (nSPS) is 19.8. The quantitative estimate of drug-likeness (QED) is 0.931. The molecule has 1 saturated heterocycles. The molecule has 1 aromatic rings. The third-order valence-electron chi connectivity index (χ3n) is 4.00. The van der Waals surface area contributed by atoms with Gasteiger partial charge in [-0.2, -0.15) is 8.78 Å². The first-order valence-electron chi connectivity index (χ1n) is 6.84. The van der Waals surface area contributed by atoms with E-state index in [2.05, 4.69) is 4.90 Å². The number of carboxylic acid groups (broad SMARTS) is 1. The standard InChI is InChI=1S/C15H16F2N2O2/c1-10-12(14(20)21)7-11(8-13(10)18-4-2-5-18)19-6-3-15(16,17)9-19/h3,6-8H,2,4-5,9H2,1H3,(H,20,21). The topological polar surface area (TPSA) is 43.8 Å². The Morgan fingerprint density at radius 3 is 2.52 bits per heavy atom. The fourth-order valence-corrected chi connectivity index (χ4v) is 2.67. The molecule has 0 amide bonds. The maximum absolute atomic E-state index is 13.3. The Balaban J connectivity index is 2.03. The minimum absolute atomic E-state index is 0.165. The van der Waals surface area contributed by atoms with Gasteiger partial charge in [-0.1, -0.05) is 0 Å². The summed E-state index contributed by atoms with van der Waals surface area (Å²) in [5.41, 5.74) is 2.16. The van der Waals surface area contributed by atoms with Crippen LogP contribution in [0.25, 0.3) is 0 Å². The van der Waals surface area contributed by atoms with Gasteiger partial charge in [-0.05, 0) is 31.0 Å². The number of nitrogens with zero attached hydrogens (tertiary/aromatic N) is 2. The number of hydrogen-bond acceptors (Lipinski definition) is 3. The molecule has 1 N–H and O–H groups in total. The van der Waals surface area contributed by atoms with Gasteiger partial charge in [0.2, 0.25) is 0 Å². The third-order valence-corrected chi connectivity index (χ3v) is 4.00. The highest BCUT2D eigenvalue weighted by Crippen LogP contribution is 2.35. The second-order valence-electron chi connectivity index (χ2n) is 5.49. The molecule has 0 atom stereocenters. The molecule has 1 aromatic carbocycles. The Morgan fingerprint density at radius 1 is 1.33 bits per heavy atom. The molecular weight excluding hydrogens is 278 g/mol. The van der Waals surface area contributed by atoms with Gasteiger partial charge in [0.1, 0.15) is 0 Å². The average Bonchev–Trinajstić information content (AvgIpc) is 2.69. The van der Waals surface area contributed by atoms with Gasteiger partial charge in [0.15, 0.2) is 0 Å². The van der Waals surface area contributed by atoms with E-state index in [9.17, 15) is 18.7 Å². The highest BCUT2D eigenvalue weighted by molar-refractivity contribution is 5.93. The molecule has 2 aliphatic rings. The molecule has 3 rings (SSSR count). The molecule has 4 nitrogen and oxygen atoms in total. The number of benzene rings is 1. The first-order chi connectivity index (χ1) is 9.87. The monoisotopic (exact) mass is 294 g/mol. The van der Waals surface area contributed by atoms with Crippen molar-refractivity contribution in [2.24, 2.45) is 0 Å². The number of halogens is 2. The lowest BCUT2D eigenvalue weighted by atomic mass is 10.0. The number of carbonyl (C=O) groups is 1. The number of hydrogen-bond donors (Lipinski definition) is 1. The van der Waals surface area contributed by atoms with Crippen LogP contribution in [0.2, 0.25) is 0 Å². The SMILES string of the molecule is Cc1c(C(=O)O)cc(N2C=CC(F)(F)C2)cc1N1CCC1. The van der Waals surface area contributed by atoms with Crippen LogP contribution in [0.5, 0.6) is 0 Å². The van der Waals surface area contributed by atoms with Gasteiger partial charge < -0.3 is 14.9 Å². The number of rotatable bonds is 3. The largest absolute Gasteiger partial charge is 0.478 e. The smallest absolute Gasteiger partial charge is 0.336 e. The first-order valence-corrected chi connectivity index (χ1v) is 6.84. The van der Waals surface area contributed by atoms with E-state index >= 15 is 0 Å². The minimum atomic E-state index is -2.87. The predicted octanol–water partition coefficient (Wildman–Crippen LogP) is 2.87. The van der Waals surface area contributed by atoms with Crippen molar-refractivity contribution in [1.82, 2.24) is 0 Å². The molecule has 112 valence electrons. The molecule has 6 heteroatoms. The number of anilines is 2. The molecule has 0 unspecified atom stereocenters. The van der Waals surface area contributed by atoms with E-state index < -0.39 is 18.4 Å². The summed E-state index contributed by atoms with van der Waals surface area (Å²) < 4.78 is 26.6. The summed E-state index contributed by atoms with van der Waals surface area (Å²) in [7, 11) is 0. The Labute approximate surface area is 121 Å². The van der Waals surface area contributed by atoms with Crippen molar-refractivity contribution in [2.75, 3.05) is 29.4 Å². The van der Waals surface area contributed by atoms with Gasteiger partial charge in [-0.3, -0.25) is 0 Å². The first kappa shape index (κ1) is 13.9. The van der Waals surface area contributed by atoms with Crippen LogP contribution in [0.15, 0.2) is 24.4 Å². The molecule has 21 heavy (non-hydrogen) atoms. The number of aromatic carboxylic acids is 1. The van der Waals surface area contributed by atoms with Crippen LogP contribution in [-0.4, -0.2) is 36.6 Å². The zero-order valence-corrected chi connectivity index (χ0v) is 11.6. The third kappa shape index (κ3) is 2.46. The van der Waals surface area contributed by atoms with Crippen LogP contribution in [0.3, 0.4) is 0 Å². The van der Waals surface area contributed by atoms with Crippen LogP contribution in [-0.2, 0) is 0 Å². The van der Waals surface area contributed by atoms with Crippen LogP contribution in [0.4, 0.5) is 20.2 Å². The summed E-state index contributed by atoms with van der Waals surface area (Å²) in [6, 6.07) is 3.26. The van der Waals surface area contributed by atoms with E-state index in [4.69, 9.17) is 0 Å². The van der Waals surface area contributed by atoms with E-state index in [1.807, 2.05) is 0 Å². The van der Waals surface area contributed by atoms with Gasteiger partial charge in [0, 0.05) is 36.7 Å². The molecule has 2 heterocycles. The molecule has 0 aromatic heterocycles. The predicted molar refractivity (Wildman–Crippen MR) is 76.4 cm³/mol. The summed E-state index contributed by atoms with van der Waals surface area (Å²) >= 11 is 0. The molecule has 1 fully saturated rings. The zero-order chi connectivity index (χ0) is 15.2. The van der Waals surface area contributed by atoms with Crippen LogP contribution >= 0.6 is 0 Å². The van der Waals surface area contributed by atoms with Gasteiger partial charge in [0.25, 0.3) is 5.92 Å². The van der Waals surface area contributed by atoms with E-state index in [1.54, 1.807) is 13.0 Å². The maximum Gasteiger partial charge on any atom is 0.336 e. The van der Waals surface area contributed by atoms with Crippen molar-refractivity contribution in [3.8, 4) is 0 Å². The molecular formula is C15H16F2N2O2. The van der Waals surface area contributed by atoms with Gasteiger partial charge in [-0.25, -0.2) is 4.79 Å². The zero-order valence-electron chi connectivity index (χ0n) is 11.6. The van der Waals surface area contributed by atoms with Gasteiger partial charge in [-0.15, -0.1) is 0 Å². The van der Waals surface area contributed by atoms with Crippen LogP contribution in [0.1, 0.15) is 22.3 Å². The highest BCUT2D eigenvalue weighted by Gasteiger charge is 2.34. The molecule has 0 spiro atoms. The molecule has 0 bridgehead atoms. The van der Waals surface area contributed by atoms with E-state index in [0.717, 1.165) is 31.3 Å². The summed E-state index contributed by atoms with van der Waals surface area (Å²) in [4.78, 5) is 14.9. The fraction of sp³-hybridized carbons (Fsp3) is 0.400. The van der Waals surface area contributed by atoms with Crippen LogP contribution in [0, 0.1) is 6.92 Å². The van der Waals surface area contributed by atoms with E-state index in [-0.39, 0.29) is 5.56 Å². The second-order valence-corrected chi connectivity index (χ2v) is 5.49. The summed E-state index contributed by atoms with van der Waals surface area (Å²) in [6.07, 6.45) is 3.22. The minimum Gasteiger partial charge on any atom is -0.478 e. The van der Waals surface area contributed by atoms with E-state index in [0.29, 0.717) is 11.3 Å². The van der Waals surface area contributed by atoms with Gasteiger partial charge >= 0.3 is 5.97 Å². The molecule has 0 radical (unpaired) electrons. The number of alkyl halides is 2. The molecule has 0 aliphatic carbocycles. The Bertz CT molecular complexity index is 624. The Morgan fingerprint density at radius 2 is 2.05 bits per heavy atom. The Hall–Kier alpha value is -2.11. The highest BCUT2D eigenvalue weighted by atomic mass is 19.3. The van der Waals surface area contributed by atoms with Crippen molar-refractivity contribution in [3.05, 3.63) is 35.5 Å². The summed E-state index contributed by atoms with van der Waals surface area (Å²) in [6.45, 7) is 3.05. The Kier molecular flexibility index (Phi) is 3.11. The summed E-state index contributed by atoms with van der Waals surface area (Å²) in [5, 5.41) is 9.33. The second kappa shape index (κ2) is 4.72. The lowest BCUT2D eigenvalue weighted by Gasteiger charge is -2.35.